The van der Waals surface area contributed by atoms with E-state index < -0.39 is 0 Å². The van der Waals surface area contributed by atoms with Gasteiger partial charge in [-0.25, -0.2) is 9.13 Å². The first-order chi connectivity index (χ1) is 9.75. The number of rotatable bonds is 1. The number of hydrogen-bond acceptors (Lipinski definition) is 0. The van der Waals surface area contributed by atoms with Gasteiger partial charge in [-0.2, -0.15) is 0 Å². The maximum absolute atomic E-state index is 6.00. The van der Waals surface area contributed by atoms with Gasteiger partial charge in [-0.15, -0.1) is 0 Å². The lowest BCUT2D eigenvalue weighted by atomic mass is 10.1. The molecule has 3 aromatic rings. The zero-order valence-corrected chi connectivity index (χ0v) is 11.9. The first-order valence-electron chi connectivity index (χ1n) is 6.69. The summed E-state index contributed by atoms with van der Waals surface area (Å²) in [5.74, 6) is 1.22. The van der Waals surface area contributed by atoms with Gasteiger partial charge in [0.05, 0.1) is 12.6 Å². The van der Waals surface area contributed by atoms with E-state index in [1.807, 2.05) is 12.1 Å². The second-order valence-corrected chi connectivity index (χ2v) is 5.55. The van der Waals surface area contributed by atoms with Crippen LogP contribution < -0.4 is 4.57 Å². The van der Waals surface area contributed by atoms with Crippen molar-refractivity contribution in [3.8, 4) is 11.4 Å². The average molecular weight is 282 g/mol. The Balaban J connectivity index is 2.09. The minimum atomic E-state index is 0.770. The third kappa shape index (κ3) is 1.55. The normalized spacial score (nSPS) is 13.1. The Bertz CT molecular complexity index is 842. The van der Waals surface area contributed by atoms with Crippen molar-refractivity contribution in [2.45, 2.75) is 6.54 Å². The molecular weight excluding hydrogens is 268 g/mol. The molecule has 1 aliphatic heterocycles. The molecule has 2 heterocycles. The van der Waals surface area contributed by atoms with Crippen LogP contribution >= 0.6 is 11.6 Å². The second kappa shape index (κ2) is 4.22. The maximum Gasteiger partial charge on any atom is 0.289 e. The third-order valence-corrected chi connectivity index (χ3v) is 4.19. The molecule has 1 aliphatic rings. The third-order valence-electron chi connectivity index (χ3n) is 3.94. The van der Waals surface area contributed by atoms with E-state index in [1.165, 1.54) is 28.0 Å². The molecule has 1 aromatic heterocycles. The molecule has 0 unspecified atom stereocenters. The lowest BCUT2D eigenvalue weighted by Crippen LogP contribution is -2.36. The summed E-state index contributed by atoms with van der Waals surface area (Å²) in [4.78, 5) is 0. The van der Waals surface area contributed by atoms with Gasteiger partial charge in [0.15, 0.2) is 11.0 Å². The molecule has 0 aliphatic carbocycles. The van der Waals surface area contributed by atoms with Gasteiger partial charge in [0.2, 0.25) is 0 Å². The van der Waals surface area contributed by atoms with Gasteiger partial charge in [-0.05, 0) is 36.4 Å². The lowest BCUT2D eigenvalue weighted by Gasteiger charge is -2.05. The highest BCUT2D eigenvalue weighted by atomic mass is 35.5. The number of hydrogen-bond donors (Lipinski definition) is 0. The summed E-state index contributed by atoms with van der Waals surface area (Å²) < 4.78 is 4.63. The predicted molar refractivity (Wildman–Crippen MR) is 82.6 cm³/mol. The number of benzene rings is 2. The monoisotopic (exact) mass is 281 g/mol. The van der Waals surface area contributed by atoms with Crippen molar-refractivity contribution in [1.82, 2.24) is 4.57 Å². The smallest absolute Gasteiger partial charge is 0.226 e. The number of allylic oxidation sites excluding steroid dienone is 1. The van der Waals surface area contributed by atoms with Gasteiger partial charge < -0.3 is 0 Å². The molecule has 0 atom stereocenters. The Labute approximate surface area is 122 Å². The Morgan fingerprint density at radius 1 is 1.10 bits per heavy atom. The molecular formula is C17H14ClN2+. The largest absolute Gasteiger partial charge is 0.289 e. The van der Waals surface area contributed by atoms with Crippen LogP contribution in [0.3, 0.4) is 0 Å². The minimum absolute atomic E-state index is 0.770. The van der Waals surface area contributed by atoms with Crippen molar-refractivity contribution >= 4 is 28.7 Å². The second-order valence-electron chi connectivity index (χ2n) is 5.12. The summed E-state index contributed by atoms with van der Waals surface area (Å²) >= 11 is 6.00. The summed E-state index contributed by atoms with van der Waals surface area (Å²) in [7, 11) is 2.12. The van der Waals surface area contributed by atoms with E-state index >= 15 is 0 Å². The Morgan fingerprint density at radius 2 is 1.90 bits per heavy atom. The van der Waals surface area contributed by atoms with Crippen LogP contribution in [0.1, 0.15) is 5.56 Å². The summed E-state index contributed by atoms with van der Waals surface area (Å²) in [5, 5.41) is 0.770. The van der Waals surface area contributed by atoms with Gasteiger partial charge >= 0.3 is 0 Å². The molecule has 0 fully saturated rings. The van der Waals surface area contributed by atoms with Gasteiger partial charge in [-0.1, -0.05) is 29.8 Å². The average Bonchev–Trinajstić information content (AvgIpc) is 2.76. The molecule has 98 valence electrons. The number of halogens is 1. The highest BCUT2D eigenvalue weighted by Gasteiger charge is 2.26. The fourth-order valence-corrected chi connectivity index (χ4v) is 3.19. The number of aryl methyl sites for hydroxylation is 1. The molecule has 0 amide bonds. The van der Waals surface area contributed by atoms with Crippen molar-refractivity contribution in [1.29, 1.82) is 0 Å². The van der Waals surface area contributed by atoms with E-state index in [9.17, 15) is 0 Å². The van der Waals surface area contributed by atoms with Crippen molar-refractivity contribution < 1.29 is 4.57 Å². The SMILES string of the molecule is Cn1c(-c2ccc(Cl)cc2)[n+]2c3c(cccc31)C=CC2. The Hall–Kier alpha value is -2.06. The van der Waals surface area contributed by atoms with Crippen LogP contribution in [-0.4, -0.2) is 4.57 Å². The van der Waals surface area contributed by atoms with E-state index in [1.54, 1.807) is 0 Å². The number of para-hydroxylation sites is 1. The summed E-state index contributed by atoms with van der Waals surface area (Å²) in [6, 6.07) is 14.5. The van der Waals surface area contributed by atoms with Crippen LogP contribution in [0.2, 0.25) is 5.02 Å². The summed E-state index contributed by atoms with van der Waals surface area (Å²) in [5.41, 5.74) is 5.04. The van der Waals surface area contributed by atoms with E-state index in [0.29, 0.717) is 0 Å². The van der Waals surface area contributed by atoms with Crippen LogP contribution in [0.25, 0.3) is 28.5 Å². The highest BCUT2D eigenvalue weighted by Crippen LogP contribution is 2.27. The fourth-order valence-electron chi connectivity index (χ4n) is 3.06. The van der Waals surface area contributed by atoms with Crippen molar-refractivity contribution in [2.24, 2.45) is 7.05 Å². The molecule has 20 heavy (non-hydrogen) atoms. The van der Waals surface area contributed by atoms with Gasteiger partial charge in [0, 0.05) is 10.6 Å². The molecule has 0 saturated carbocycles. The summed E-state index contributed by atoms with van der Waals surface area (Å²) in [6.07, 6.45) is 4.41. The van der Waals surface area contributed by atoms with Crippen molar-refractivity contribution in [3.63, 3.8) is 0 Å². The van der Waals surface area contributed by atoms with Crippen LogP contribution in [0.4, 0.5) is 0 Å². The standard InChI is InChI=1S/C17H14ClN2/c1-19-15-6-2-4-12-5-3-11-20(16(12)15)17(19)13-7-9-14(18)10-8-13/h2-10H,11H2,1H3/q+1. The van der Waals surface area contributed by atoms with Gasteiger partial charge in [-0.3, -0.25) is 0 Å². The van der Waals surface area contributed by atoms with E-state index in [-0.39, 0.29) is 0 Å². The molecule has 0 saturated heterocycles. The molecule has 2 nitrogen and oxygen atoms in total. The molecule has 0 N–H and O–H groups in total. The van der Waals surface area contributed by atoms with E-state index in [4.69, 9.17) is 11.6 Å². The fraction of sp³-hybridized carbons (Fsp3) is 0.118. The molecule has 2 aromatic carbocycles. The number of aromatic nitrogens is 2. The molecule has 3 heteroatoms. The van der Waals surface area contributed by atoms with Crippen LogP contribution in [0.15, 0.2) is 48.5 Å². The highest BCUT2D eigenvalue weighted by molar-refractivity contribution is 6.30. The topological polar surface area (TPSA) is 8.81 Å². The van der Waals surface area contributed by atoms with E-state index in [0.717, 1.165) is 11.6 Å². The maximum atomic E-state index is 6.00. The lowest BCUT2D eigenvalue weighted by molar-refractivity contribution is -0.651. The van der Waals surface area contributed by atoms with Gasteiger partial charge in [0.25, 0.3) is 5.82 Å². The zero-order chi connectivity index (χ0) is 13.7. The molecule has 4 rings (SSSR count). The molecule has 0 spiro atoms. The van der Waals surface area contributed by atoms with E-state index in [2.05, 4.69) is 58.7 Å². The Morgan fingerprint density at radius 3 is 2.70 bits per heavy atom. The quantitative estimate of drug-likeness (QED) is 0.600. The van der Waals surface area contributed by atoms with Gasteiger partial charge in [0.1, 0.15) is 6.54 Å². The van der Waals surface area contributed by atoms with Crippen LogP contribution in [-0.2, 0) is 13.6 Å². The molecule has 0 radical (unpaired) electrons. The minimum Gasteiger partial charge on any atom is -0.226 e. The number of nitrogens with zero attached hydrogens (tertiary/aromatic N) is 2. The summed E-state index contributed by atoms with van der Waals surface area (Å²) in [6.45, 7) is 0.909. The first-order valence-corrected chi connectivity index (χ1v) is 7.07. The Kier molecular flexibility index (Phi) is 2.48. The number of imidazole rings is 1. The van der Waals surface area contributed by atoms with Crippen LogP contribution in [0, 0.1) is 0 Å². The van der Waals surface area contributed by atoms with Crippen LogP contribution in [0.5, 0.6) is 0 Å². The van der Waals surface area contributed by atoms with Crippen molar-refractivity contribution in [3.05, 3.63) is 59.1 Å². The molecule has 0 bridgehead atoms. The zero-order valence-electron chi connectivity index (χ0n) is 11.2. The van der Waals surface area contributed by atoms with Crippen molar-refractivity contribution in [2.75, 3.05) is 0 Å². The predicted octanol–water partition coefficient (Wildman–Crippen LogP) is 3.81. The first kappa shape index (κ1) is 11.7.